The van der Waals surface area contributed by atoms with Gasteiger partial charge in [-0.15, -0.1) is 5.10 Å². The summed E-state index contributed by atoms with van der Waals surface area (Å²) in [5.74, 6) is 0.294. The Labute approximate surface area is 131 Å². The van der Waals surface area contributed by atoms with E-state index in [4.69, 9.17) is 9.47 Å². The highest BCUT2D eigenvalue weighted by Crippen LogP contribution is 2.24. The van der Waals surface area contributed by atoms with E-state index in [1.54, 1.807) is 11.8 Å². The summed E-state index contributed by atoms with van der Waals surface area (Å²) < 4.78 is 12.6. The van der Waals surface area contributed by atoms with Crippen LogP contribution in [0.5, 0.6) is 5.75 Å². The van der Waals surface area contributed by atoms with Gasteiger partial charge < -0.3 is 9.47 Å². The predicted molar refractivity (Wildman–Crippen MR) is 80.5 cm³/mol. The van der Waals surface area contributed by atoms with E-state index in [0.29, 0.717) is 13.0 Å². The van der Waals surface area contributed by atoms with Gasteiger partial charge in [0.15, 0.2) is 5.69 Å². The van der Waals surface area contributed by atoms with Gasteiger partial charge in [0.1, 0.15) is 5.75 Å². The molecule has 0 fully saturated rings. The van der Waals surface area contributed by atoms with E-state index in [9.17, 15) is 4.79 Å². The highest BCUT2D eigenvalue weighted by atomic mass is 79.9. The van der Waals surface area contributed by atoms with E-state index in [0.717, 1.165) is 21.5 Å². The number of aromatic nitrogens is 3. The second-order valence-corrected chi connectivity index (χ2v) is 5.20. The molecule has 1 heterocycles. The Morgan fingerprint density at radius 1 is 1.38 bits per heavy atom. The fourth-order valence-electron chi connectivity index (χ4n) is 2.03. The number of nitrogens with zero attached hydrogens (tertiary/aromatic N) is 3. The van der Waals surface area contributed by atoms with Crippen LogP contribution in [0.15, 0.2) is 22.7 Å². The van der Waals surface area contributed by atoms with Gasteiger partial charge in [-0.1, -0.05) is 28.1 Å². The lowest BCUT2D eigenvalue weighted by Gasteiger charge is -2.09. The number of methoxy groups -OCH3 is 2. The first-order valence-corrected chi connectivity index (χ1v) is 7.23. The summed E-state index contributed by atoms with van der Waals surface area (Å²) in [6.45, 7) is 2.44. The molecule has 0 aliphatic carbocycles. The summed E-state index contributed by atoms with van der Waals surface area (Å²) in [7, 11) is 2.95. The molecule has 1 aromatic carbocycles. The molecule has 0 saturated carbocycles. The fourth-order valence-corrected chi connectivity index (χ4v) is 2.40. The van der Waals surface area contributed by atoms with Crippen LogP contribution in [0.25, 0.3) is 0 Å². The largest absolute Gasteiger partial charge is 0.497 e. The van der Waals surface area contributed by atoms with Crippen molar-refractivity contribution in [3.63, 3.8) is 0 Å². The third-order valence-electron chi connectivity index (χ3n) is 3.12. The Morgan fingerprint density at radius 3 is 2.76 bits per heavy atom. The molecule has 0 bridgehead atoms. The van der Waals surface area contributed by atoms with Crippen molar-refractivity contribution in [3.8, 4) is 5.75 Å². The quantitative estimate of drug-likeness (QED) is 0.772. The smallest absolute Gasteiger partial charge is 0.360 e. The molecule has 0 atom stereocenters. The molecule has 1 aromatic heterocycles. The summed E-state index contributed by atoms with van der Waals surface area (Å²) in [4.78, 5) is 11.7. The van der Waals surface area contributed by atoms with Gasteiger partial charge in [0.2, 0.25) is 0 Å². The summed E-state index contributed by atoms with van der Waals surface area (Å²) in [5.41, 5.74) is 2.00. The first-order chi connectivity index (χ1) is 10.1. The highest BCUT2D eigenvalue weighted by Gasteiger charge is 2.19. The Morgan fingerprint density at radius 2 is 2.14 bits per heavy atom. The molecule has 0 radical (unpaired) electrons. The van der Waals surface area contributed by atoms with Crippen LogP contribution in [0.1, 0.15) is 28.7 Å². The van der Waals surface area contributed by atoms with Crippen LogP contribution in [0.3, 0.4) is 0 Å². The first kappa shape index (κ1) is 15.5. The molecule has 0 N–H and O–H groups in total. The fraction of sp³-hybridized carbons (Fsp3) is 0.357. The first-order valence-electron chi connectivity index (χ1n) is 6.43. The molecular weight excluding hydrogens is 338 g/mol. The van der Waals surface area contributed by atoms with E-state index < -0.39 is 5.97 Å². The van der Waals surface area contributed by atoms with E-state index in [1.165, 1.54) is 7.11 Å². The molecule has 6 nitrogen and oxygen atoms in total. The number of carbonyl (C=O) groups excluding carboxylic acids is 1. The van der Waals surface area contributed by atoms with Crippen molar-refractivity contribution in [2.75, 3.05) is 14.2 Å². The normalized spacial score (nSPS) is 10.5. The molecule has 0 spiro atoms. The van der Waals surface area contributed by atoms with Crippen LogP contribution in [0, 0.1) is 0 Å². The van der Waals surface area contributed by atoms with E-state index in [-0.39, 0.29) is 5.69 Å². The average Bonchev–Trinajstić information content (AvgIpc) is 2.91. The molecular formula is C14H16BrN3O3. The second kappa shape index (κ2) is 6.71. The van der Waals surface area contributed by atoms with Crippen LogP contribution in [-0.4, -0.2) is 35.2 Å². The second-order valence-electron chi connectivity index (χ2n) is 4.34. The summed E-state index contributed by atoms with van der Waals surface area (Å²) in [6, 6.07) is 5.70. The highest BCUT2D eigenvalue weighted by molar-refractivity contribution is 9.10. The van der Waals surface area contributed by atoms with Gasteiger partial charge in [-0.3, -0.25) is 0 Å². The number of hydrogen-bond acceptors (Lipinski definition) is 5. The van der Waals surface area contributed by atoms with E-state index >= 15 is 0 Å². The van der Waals surface area contributed by atoms with Gasteiger partial charge in [0.05, 0.1) is 26.5 Å². The average molecular weight is 354 g/mol. The minimum Gasteiger partial charge on any atom is -0.497 e. The maximum atomic E-state index is 11.7. The number of rotatable bonds is 5. The van der Waals surface area contributed by atoms with Crippen molar-refractivity contribution >= 4 is 21.9 Å². The zero-order valence-electron chi connectivity index (χ0n) is 12.1. The molecule has 0 saturated heterocycles. The zero-order valence-corrected chi connectivity index (χ0v) is 13.7. The number of carbonyl (C=O) groups is 1. The number of ether oxygens (including phenoxy) is 2. The third kappa shape index (κ3) is 3.24. The maximum Gasteiger partial charge on any atom is 0.360 e. The lowest BCUT2D eigenvalue weighted by molar-refractivity contribution is 0.0592. The number of benzene rings is 1. The summed E-state index contributed by atoms with van der Waals surface area (Å²) in [6.07, 6.45) is 0.638. The van der Waals surface area contributed by atoms with Gasteiger partial charge in [0.25, 0.3) is 0 Å². The van der Waals surface area contributed by atoms with Crippen LogP contribution in [-0.2, 0) is 17.7 Å². The van der Waals surface area contributed by atoms with Gasteiger partial charge >= 0.3 is 5.97 Å². The number of halogens is 1. The SMILES string of the molecule is CCc1c(C(=O)OC)nnn1Cc1cc(OC)ccc1Br. The molecule has 0 aliphatic heterocycles. The van der Waals surface area contributed by atoms with Gasteiger partial charge in [0, 0.05) is 4.47 Å². The molecule has 0 amide bonds. The molecule has 7 heteroatoms. The Balaban J connectivity index is 2.36. The minimum atomic E-state index is -0.470. The van der Waals surface area contributed by atoms with E-state index in [1.807, 2.05) is 25.1 Å². The number of hydrogen-bond donors (Lipinski definition) is 0. The van der Waals surface area contributed by atoms with Crippen molar-refractivity contribution in [1.29, 1.82) is 0 Å². The third-order valence-corrected chi connectivity index (χ3v) is 3.90. The van der Waals surface area contributed by atoms with Crippen molar-refractivity contribution in [2.24, 2.45) is 0 Å². The molecule has 0 unspecified atom stereocenters. The van der Waals surface area contributed by atoms with Crippen LogP contribution in [0.4, 0.5) is 0 Å². The lowest BCUT2D eigenvalue weighted by atomic mass is 10.2. The Hall–Kier alpha value is -1.89. The van der Waals surface area contributed by atoms with Gasteiger partial charge in [-0.05, 0) is 30.2 Å². The van der Waals surface area contributed by atoms with Crippen molar-refractivity contribution in [3.05, 3.63) is 39.6 Å². The monoisotopic (exact) mass is 353 g/mol. The van der Waals surface area contributed by atoms with Gasteiger partial charge in [-0.2, -0.15) is 0 Å². The zero-order chi connectivity index (χ0) is 15.4. The molecule has 2 aromatic rings. The molecule has 2 rings (SSSR count). The van der Waals surface area contributed by atoms with Crippen LogP contribution >= 0.6 is 15.9 Å². The van der Waals surface area contributed by atoms with Crippen molar-refractivity contribution in [1.82, 2.24) is 15.0 Å². The Bertz CT molecular complexity index is 655. The van der Waals surface area contributed by atoms with Gasteiger partial charge in [-0.25, -0.2) is 9.48 Å². The molecule has 21 heavy (non-hydrogen) atoms. The summed E-state index contributed by atoms with van der Waals surface area (Å²) >= 11 is 3.50. The number of esters is 1. The standard InChI is InChI=1S/C14H16BrN3O3/c1-4-12-13(14(19)21-3)16-17-18(12)8-9-7-10(20-2)5-6-11(9)15/h5-7H,4,8H2,1-3H3. The lowest BCUT2D eigenvalue weighted by Crippen LogP contribution is -2.10. The minimum absolute atomic E-state index is 0.263. The topological polar surface area (TPSA) is 66.2 Å². The van der Waals surface area contributed by atoms with E-state index in [2.05, 4.69) is 26.2 Å². The maximum absolute atomic E-state index is 11.7. The predicted octanol–water partition coefficient (Wildman–Crippen LogP) is 2.45. The Kier molecular flexibility index (Phi) is 4.95. The van der Waals surface area contributed by atoms with Crippen LogP contribution in [0.2, 0.25) is 0 Å². The van der Waals surface area contributed by atoms with Crippen LogP contribution < -0.4 is 4.74 Å². The van der Waals surface area contributed by atoms with Crippen molar-refractivity contribution in [2.45, 2.75) is 19.9 Å². The molecule has 0 aliphatic rings. The molecule has 112 valence electrons. The van der Waals surface area contributed by atoms with Crippen molar-refractivity contribution < 1.29 is 14.3 Å². The summed E-state index contributed by atoms with van der Waals surface area (Å²) in [5, 5.41) is 7.97.